The summed E-state index contributed by atoms with van der Waals surface area (Å²) < 4.78 is 5.68. The predicted molar refractivity (Wildman–Crippen MR) is 97.8 cm³/mol. The maximum atomic E-state index is 12.7. The van der Waals surface area contributed by atoms with Crippen molar-refractivity contribution in [2.75, 3.05) is 32.7 Å². The Labute approximate surface area is 150 Å². The van der Waals surface area contributed by atoms with Crippen molar-refractivity contribution in [2.45, 2.75) is 6.10 Å². The average Bonchev–Trinajstić information content (AvgIpc) is 3.31. The number of carbonyl (C=O) groups excluding carboxylic acids is 1. The molecule has 1 unspecified atom stereocenters. The molecule has 130 valence electrons. The van der Waals surface area contributed by atoms with E-state index in [1.165, 1.54) is 0 Å². The number of hydrogen-bond acceptors (Lipinski definition) is 5. The van der Waals surface area contributed by atoms with Crippen molar-refractivity contribution < 1.29 is 14.3 Å². The van der Waals surface area contributed by atoms with E-state index in [9.17, 15) is 9.90 Å². The van der Waals surface area contributed by atoms with Gasteiger partial charge in [-0.2, -0.15) is 0 Å². The molecule has 1 atom stereocenters. The number of furan rings is 1. The molecule has 4 rings (SSSR count). The van der Waals surface area contributed by atoms with Gasteiger partial charge in [-0.05, 0) is 23.6 Å². The predicted octanol–water partition coefficient (Wildman–Crippen LogP) is 2.99. The number of nitrogens with zero attached hydrogens (tertiary/aromatic N) is 2. The minimum Gasteiger partial charge on any atom is -0.451 e. The molecule has 3 heterocycles. The fourth-order valence-electron chi connectivity index (χ4n) is 3.19. The van der Waals surface area contributed by atoms with Gasteiger partial charge < -0.3 is 14.4 Å². The molecule has 0 saturated carbocycles. The van der Waals surface area contributed by atoms with Gasteiger partial charge in [0.2, 0.25) is 0 Å². The van der Waals surface area contributed by atoms with Gasteiger partial charge in [0.25, 0.3) is 5.91 Å². The molecule has 1 aromatic carbocycles. The molecule has 25 heavy (non-hydrogen) atoms. The minimum absolute atomic E-state index is 0.0605. The van der Waals surface area contributed by atoms with Gasteiger partial charge in [-0.25, -0.2) is 0 Å². The Kier molecular flexibility index (Phi) is 4.57. The number of benzene rings is 1. The van der Waals surface area contributed by atoms with Crippen molar-refractivity contribution in [1.82, 2.24) is 9.80 Å². The van der Waals surface area contributed by atoms with Crippen LogP contribution in [0.3, 0.4) is 0 Å². The van der Waals surface area contributed by atoms with Crippen LogP contribution in [0.25, 0.3) is 11.0 Å². The van der Waals surface area contributed by atoms with Gasteiger partial charge in [-0.3, -0.25) is 9.69 Å². The molecule has 1 aliphatic heterocycles. The SMILES string of the molecule is O=C(c1cc2ccccc2o1)N1CCN(CC(O)c2cccs2)CC1. The van der Waals surface area contributed by atoms with Gasteiger partial charge in [-0.1, -0.05) is 24.3 Å². The first-order valence-corrected chi connectivity index (χ1v) is 9.30. The van der Waals surface area contributed by atoms with Crippen molar-refractivity contribution in [2.24, 2.45) is 0 Å². The summed E-state index contributed by atoms with van der Waals surface area (Å²) in [5, 5.41) is 13.2. The average molecular weight is 356 g/mol. The smallest absolute Gasteiger partial charge is 0.289 e. The molecule has 6 heteroatoms. The molecule has 1 amide bonds. The lowest BCUT2D eigenvalue weighted by molar-refractivity contribution is 0.0510. The second kappa shape index (κ2) is 7.00. The first kappa shape index (κ1) is 16.3. The molecule has 2 aromatic heterocycles. The van der Waals surface area contributed by atoms with E-state index >= 15 is 0 Å². The number of carbonyl (C=O) groups is 1. The molecule has 1 saturated heterocycles. The van der Waals surface area contributed by atoms with Gasteiger partial charge in [-0.15, -0.1) is 11.3 Å². The summed E-state index contributed by atoms with van der Waals surface area (Å²) in [5.74, 6) is 0.336. The van der Waals surface area contributed by atoms with Crippen molar-refractivity contribution in [1.29, 1.82) is 0 Å². The lowest BCUT2D eigenvalue weighted by atomic mass is 10.2. The Morgan fingerprint density at radius 3 is 2.68 bits per heavy atom. The number of amides is 1. The number of rotatable bonds is 4. The normalized spacial score (nSPS) is 17.1. The summed E-state index contributed by atoms with van der Waals surface area (Å²) >= 11 is 1.57. The van der Waals surface area contributed by atoms with Crippen molar-refractivity contribution in [3.63, 3.8) is 0 Å². The zero-order chi connectivity index (χ0) is 17.2. The molecule has 1 aliphatic rings. The van der Waals surface area contributed by atoms with Crippen LogP contribution in [0.15, 0.2) is 52.3 Å². The van der Waals surface area contributed by atoms with Gasteiger partial charge in [0.05, 0.1) is 0 Å². The van der Waals surface area contributed by atoms with E-state index in [0.717, 1.165) is 28.9 Å². The summed E-state index contributed by atoms with van der Waals surface area (Å²) in [4.78, 5) is 17.7. The van der Waals surface area contributed by atoms with Crippen LogP contribution in [-0.4, -0.2) is 53.5 Å². The Morgan fingerprint density at radius 2 is 1.96 bits per heavy atom. The summed E-state index contributed by atoms with van der Waals surface area (Å²) in [5.41, 5.74) is 0.739. The fourth-order valence-corrected chi connectivity index (χ4v) is 3.90. The summed E-state index contributed by atoms with van der Waals surface area (Å²) in [6, 6.07) is 13.4. The standard InChI is InChI=1S/C19H20N2O3S/c22-15(18-6-3-11-25-18)13-20-7-9-21(10-8-20)19(23)17-12-14-4-1-2-5-16(14)24-17/h1-6,11-12,15,22H,7-10,13H2. The monoisotopic (exact) mass is 356 g/mol. The summed E-state index contributed by atoms with van der Waals surface area (Å²) in [6.07, 6.45) is -0.461. The van der Waals surface area contributed by atoms with E-state index in [1.54, 1.807) is 11.3 Å². The maximum Gasteiger partial charge on any atom is 0.289 e. The molecule has 0 spiro atoms. The third kappa shape index (κ3) is 3.46. The van der Waals surface area contributed by atoms with E-state index in [0.29, 0.717) is 25.4 Å². The Bertz CT molecular complexity index is 818. The molecular formula is C19H20N2O3S. The molecule has 1 N–H and O–H groups in total. The van der Waals surface area contributed by atoms with Gasteiger partial charge in [0, 0.05) is 43.0 Å². The fraction of sp³-hybridized carbons (Fsp3) is 0.316. The van der Waals surface area contributed by atoms with Crippen LogP contribution in [-0.2, 0) is 0 Å². The van der Waals surface area contributed by atoms with Crippen LogP contribution in [0.1, 0.15) is 21.5 Å². The first-order chi connectivity index (χ1) is 12.2. The molecule has 0 bridgehead atoms. The van der Waals surface area contributed by atoms with Crippen molar-refractivity contribution in [3.05, 3.63) is 58.5 Å². The Hall–Kier alpha value is -2.15. The number of piperazine rings is 1. The number of thiophene rings is 1. The maximum absolute atomic E-state index is 12.7. The third-order valence-corrected chi connectivity index (χ3v) is 5.57. The molecule has 0 aliphatic carbocycles. The van der Waals surface area contributed by atoms with E-state index in [-0.39, 0.29) is 5.91 Å². The second-order valence-electron chi connectivity index (χ2n) is 6.27. The van der Waals surface area contributed by atoms with E-state index in [2.05, 4.69) is 4.90 Å². The van der Waals surface area contributed by atoms with E-state index in [1.807, 2.05) is 52.7 Å². The van der Waals surface area contributed by atoms with Gasteiger partial charge in [0.15, 0.2) is 5.76 Å². The molecule has 0 radical (unpaired) electrons. The number of para-hydroxylation sites is 1. The highest BCUT2D eigenvalue weighted by molar-refractivity contribution is 7.10. The van der Waals surface area contributed by atoms with Crippen molar-refractivity contribution >= 4 is 28.2 Å². The molecule has 5 nitrogen and oxygen atoms in total. The minimum atomic E-state index is -0.461. The summed E-state index contributed by atoms with van der Waals surface area (Å²) in [6.45, 7) is 3.41. The first-order valence-electron chi connectivity index (χ1n) is 8.42. The van der Waals surface area contributed by atoms with Crippen LogP contribution in [0, 0.1) is 0 Å². The molecular weight excluding hydrogens is 336 g/mol. The van der Waals surface area contributed by atoms with Gasteiger partial charge in [0.1, 0.15) is 11.7 Å². The number of aliphatic hydroxyl groups is 1. The number of fused-ring (bicyclic) bond motifs is 1. The van der Waals surface area contributed by atoms with Crippen molar-refractivity contribution in [3.8, 4) is 0 Å². The highest BCUT2D eigenvalue weighted by Gasteiger charge is 2.25. The third-order valence-electron chi connectivity index (χ3n) is 4.60. The highest BCUT2D eigenvalue weighted by atomic mass is 32.1. The van der Waals surface area contributed by atoms with Gasteiger partial charge >= 0.3 is 0 Å². The molecule has 3 aromatic rings. The topological polar surface area (TPSA) is 56.9 Å². The van der Waals surface area contributed by atoms with Crippen LogP contribution >= 0.6 is 11.3 Å². The van der Waals surface area contributed by atoms with Crippen LogP contribution in [0.5, 0.6) is 0 Å². The van der Waals surface area contributed by atoms with Crippen LogP contribution in [0.4, 0.5) is 0 Å². The second-order valence-corrected chi connectivity index (χ2v) is 7.25. The zero-order valence-electron chi connectivity index (χ0n) is 13.8. The van der Waals surface area contributed by atoms with E-state index < -0.39 is 6.10 Å². The molecule has 1 fully saturated rings. The number of hydrogen-bond donors (Lipinski definition) is 1. The summed E-state index contributed by atoms with van der Waals surface area (Å²) in [7, 11) is 0. The quantitative estimate of drug-likeness (QED) is 0.781. The van der Waals surface area contributed by atoms with Crippen LogP contribution in [0.2, 0.25) is 0 Å². The lowest BCUT2D eigenvalue weighted by Gasteiger charge is -2.35. The highest BCUT2D eigenvalue weighted by Crippen LogP contribution is 2.22. The largest absolute Gasteiger partial charge is 0.451 e. The number of β-amino-alcohol motifs (C(OH)–C–C–N with tert-alkyl or cyclic N) is 1. The lowest BCUT2D eigenvalue weighted by Crippen LogP contribution is -2.49. The zero-order valence-corrected chi connectivity index (χ0v) is 14.6. The Balaban J connectivity index is 1.35. The van der Waals surface area contributed by atoms with Crippen LogP contribution < -0.4 is 0 Å². The van der Waals surface area contributed by atoms with E-state index in [4.69, 9.17) is 4.42 Å². The Morgan fingerprint density at radius 1 is 1.16 bits per heavy atom. The number of aliphatic hydroxyl groups excluding tert-OH is 1.